The monoisotopic (exact) mass is 394 g/mol. The first-order valence-electron chi connectivity index (χ1n) is 8.05. The van der Waals surface area contributed by atoms with Gasteiger partial charge >= 0.3 is 6.36 Å². The molecule has 0 aliphatic carbocycles. The van der Waals surface area contributed by atoms with Crippen molar-refractivity contribution in [2.75, 3.05) is 11.8 Å². The van der Waals surface area contributed by atoms with Crippen molar-refractivity contribution in [3.05, 3.63) is 66.4 Å². The fourth-order valence-electron chi connectivity index (χ4n) is 2.46. The Balaban J connectivity index is 1.75. The summed E-state index contributed by atoms with van der Waals surface area (Å²) in [7, 11) is 1.87. The highest BCUT2D eigenvalue weighted by atomic mass is 32.2. The van der Waals surface area contributed by atoms with E-state index in [0.717, 1.165) is 27.5 Å². The summed E-state index contributed by atoms with van der Waals surface area (Å²) in [5, 5.41) is 3.10. The van der Waals surface area contributed by atoms with E-state index in [2.05, 4.69) is 14.8 Å². The van der Waals surface area contributed by atoms with Crippen molar-refractivity contribution in [2.24, 2.45) is 0 Å². The minimum Gasteiger partial charge on any atom is -0.464 e. The molecule has 0 fully saturated rings. The minimum absolute atomic E-state index is 0.251. The van der Waals surface area contributed by atoms with Gasteiger partial charge in [-0.25, -0.2) is 0 Å². The number of halogens is 3. The van der Waals surface area contributed by atoms with E-state index in [-0.39, 0.29) is 5.75 Å². The Morgan fingerprint density at radius 1 is 1.07 bits per heavy atom. The first-order chi connectivity index (χ1) is 12.9. The molecule has 0 amide bonds. The largest absolute Gasteiger partial charge is 0.573 e. The van der Waals surface area contributed by atoms with Crippen LogP contribution < -0.4 is 14.8 Å². The van der Waals surface area contributed by atoms with Gasteiger partial charge in [0.2, 0.25) is 0 Å². The van der Waals surface area contributed by atoms with Crippen molar-refractivity contribution >= 4 is 17.6 Å². The highest BCUT2D eigenvalue weighted by Gasteiger charge is 2.30. The van der Waals surface area contributed by atoms with Crippen molar-refractivity contribution in [3.63, 3.8) is 0 Å². The molecule has 0 aliphatic heterocycles. The van der Waals surface area contributed by atoms with E-state index in [1.165, 1.54) is 24.1 Å². The zero-order valence-corrected chi connectivity index (χ0v) is 15.2. The standard InChI is InChI=1S/C19H17F3N2O2S/c1-23-12-13-4-9-16(18-3-2-10-25-18)17(11-13)24-27-15-7-5-14(6-8-15)26-19(20,21)22/h2-11,23-24H,12H2,1H3. The molecule has 0 saturated heterocycles. The number of rotatable bonds is 7. The Morgan fingerprint density at radius 2 is 1.85 bits per heavy atom. The van der Waals surface area contributed by atoms with Gasteiger partial charge in [0.05, 0.1) is 12.0 Å². The summed E-state index contributed by atoms with van der Waals surface area (Å²) in [6.45, 7) is 0.710. The lowest BCUT2D eigenvalue weighted by atomic mass is 10.1. The molecule has 8 heteroatoms. The van der Waals surface area contributed by atoms with Gasteiger partial charge in [0.15, 0.2) is 0 Å². The summed E-state index contributed by atoms with van der Waals surface area (Å²) in [5.41, 5.74) is 2.83. The number of hydrogen-bond acceptors (Lipinski definition) is 5. The number of ether oxygens (including phenoxy) is 1. The zero-order valence-electron chi connectivity index (χ0n) is 14.3. The minimum atomic E-state index is -4.70. The molecule has 0 bridgehead atoms. The van der Waals surface area contributed by atoms with E-state index >= 15 is 0 Å². The molecule has 3 aromatic rings. The summed E-state index contributed by atoms with van der Waals surface area (Å²) in [4.78, 5) is 0.744. The molecule has 2 N–H and O–H groups in total. The van der Waals surface area contributed by atoms with Gasteiger partial charge < -0.3 is 19.2 Å². The zero-order chi connectivity index (χ0) is 19.3. The second-order valence-electron chi connectivity index (χ2n) is 5.61. The maximum atomic E-state index is 12.2. The second-order valence-corrected chi connectivity index (χ2v) is 6.49. The lowest BCUT2D eigenvalue weighted by molar-refractivity contribution is -0.274. The van der Waals surface area contributed by atoms with E-state index in [4.69, 9.17) is 4.42 Å². The third kappa shape index (κ3) is 5.45. The van der Waals surface area contributed by atoms with Gasteiger partial charge in [-0.05, 0) is 73.1 Å². The van der Waals surface area contributed by atoms with Gasteiger partial charge in [-0.2, -0.15) is 0 Å². The van der Waals surface area contributed by atoms with Gasteiger partial charge in [0.25, 0.3) is 0 Å². The molecule has 0 saturated carbocycles. The van der Waals surface area contributed by atoms with Crippen molar-refractivity contribution in [1.82, 2.24) is 5.32 Å². The highest BCUT2D eigenvalue weighted by molar-refractivity contribution is 8.00. The summed E-state index contributed by atoms with van der Waals surface area (Å²) >= 11 is 1.29. The first kappa shape index (κ1) is 19.2. The van der Waals surface area contributed by atoms with Crippen LogP contribution in [-0.2, 0) is 6.54 Å². The van der Waals surface area contributed by atoms with E-state index in [9.17, 15) is 13.2 Å². The smallest absolute Gasteiger partial charge is 0.464 e. The summed E-state index contributed by atoms with van der Waals surface area (Å²) in [6.07, 6.45) is -3.09. The normalized spacial score (nSPS) is 11.4. The molecular weight excluding hydrogens is 377 g/mol. The molecule has 142 valence electrons. The molecule has 0 radical (unpaired) electrons. The molecule has 27 heavy (non-hydrogen) atoms. The summed E-state index contributed by atoms with van der Waals surface area (Å²) in [6, 6.07) is 15.3. The topological polar surface area (TPSA) is 46.4 Å². The Bertz CT molecular complexity index is 866. The third-order valence-corrected chi connectivity index (χ3v) is 4.42. The van der Waals surface area contributed by atoms with Crippen LogP contribution in [0.25, 0.3) is 11.3 Å². The first-order valence-corrected chi connectivity index (χ1v) is 8.86. The maximum Gasteiger partial charge on any atom is 0.573 e. The van der Waals surface area contributed by atoms with Crippen molar-refractivity contribution in [1.29, 1.82) is 0 Å². The Morgan fingerprint density at radius 3 is 2.48 bits per heavy atom. The van der Waals surface area contributed by atoms with E-state index in [1.807, 2.05) is 37.4 Å². The lowest BCUT2D eigenvalue weighted by Gasteiger charge is -2.13. The van der Waals surface area contributed by atoms with Crippen LogP contribution in [0.2, 0.25) is 0 Å². The summed E-state index contributed by atoms with van der Waals surface area (Å²) < 4.78 is 49.3. The van der Waals surface area contributed by atoms with Crippen LogP contribution in [0.15, 0.2) is 70.2 Å². The number of furan rings is 1. The predicted octanol–water partition coefficient (Wildman–Crippen LogP) is 5.68. The molecular formula is C19H17F3N2O2S. The lowest BCUT2D eigenvalue weighted by Crippen LogP contribution is -2.16. The van der Waals surface area contributed by atoms with Crippen LogP contribution >= 0.6 is 11.9 Å². The molecule has 0 spiro atoms. The van der Waals surface area contributed by atoms with Crippen LogP contribution in [-0.4, -0.2) is 13.4 Å². The van der Waals surface area contributed by atoms with Gasteiger partial charge in [0.1, 0.15) is 11.5 Å². The fraction of sp³-hybridized carbons (Fsp3) is 0.158. The average molecular weight is 394 g/mol. The molecule has 2 aromatic carbocycles. The summed E-state index contributed by atoms with van der Waals surface area (Å²) in [5.74, 6) is 0.474. The van der Waals surface area contributed by atoms with Crippen molar-refractivity contribution in [2.45, 2.75) is 17.8 Å². The Labute approximate surface area is 158 Å². The number of benzene rings is 2. The van der Waals surface area contributed by atoms with Crippen LogP contribution in [0, 0.1) is 0 Å². The van der Waals surface area contributed by atoms with E-state index in [1.54, 1.807) is 18.4 Å². The number of alkyl halides is 3. The van der Waals surface area contributed by atoms with Crippen molar-refractivity contribution < 1.29 is 22.3 Å². The number of nitrogens with one attached hydrogen (secondary N) is 2. The third-order valence-electron chi connectivity index (χ3n) is 3.59. The quantitative estimate of drug-likeness (QED) is 0.505. The van der Waals surface area contributed by atoms with Crippen LogP contribution in [0.1, 0.15) is 5.56 Å². The van der Waals surface area contributed by atoms with Crippen molar-refractivity contribution in [3.8, 4) is 17.1 Å². The molecule has 4 nitrogen and oxygen atoms in total. The molecule has 0 unspecified atom stereocenters. The fourth-order valence-corrected chi connectivity index (χ4v) is 3.13. The van der Waals surface area contributed by atoms with Gasteiger partial charge in [-0.15, -0.1) is 13.2 Å². The molecule has 0 atom stereocenters. The second kappa shape index (κ2) is 8.41. The van der Waals surface area contributed by atoms with Crippen LogP contribution in [0.3, 0.4) is 0 Å². The Kier molecular flexibility index (Phi) is 5.98. The predicted molar refractivity (Wildman–Crippen MR) is 99.5 cm³/mol. The Hall–Kier alpha value is -2.58. The average Bonchev–Trinajstić information content (AvgIpc) is 3.15. The molecule has 1 heterocycles. The van der Waals surface area contributed by atoms with E-state index in [0.29, 0.717) is 6.54 Å². The van der Waals surface area contributed by atoms with Gasteiger partial charge in [-0.3, -0.25) is 0 Å². The number of anilines is 1. The van der Waals surface area contributed by atoms with Gasteiger partial charge in [0, 0.05) is 17.0 Å². The molecule has 3 rings (SSSR count). The van der Waals surface area contributed by atoms with Crippen LogP contribution in [0.5, 0.6) is 5.75 Å². The van der Waals surface area contributed by atoms with Gasteiger partial charge in [-0.1, -0.05) is 6.07 Å². The SMILES string of the molecule is CNCc1ccc(-c2ccco2)c(NSc2ccc(OC(F)(F)F)cc2)c1. The highest BCUT2D eigenvalue weighted by Crippen LogP contribution is 2.33. The van der Waals surface area contributed by atoms with Crippen LogP contribution in [0.4, 0.5) is 18.9 Å². The molecule has 0 aliphatic rings. The van der Waals surface area contributed by atoms with E-state index < -0.39 is 6.36 Å². The maximum absolute atomic E-state index is 12.2. The molecule has 1 aromatic heterocycles. The number of hydrogen-bond donors (Lipinski definition) is 2.